The molecule has 184 valence electrons. The molecule has 1 atom stereocenters. The van der Waals surface area contributed by atoms with Crippen molar-refractivity contribution < 1.29 is 13.5 Å². The predicted octanol–water partition coefficient (Wildman–Crippen LogP) is 4.06. The highest BCUT2D eigenvalue weighted by molar-refractivity contribution is 7.23. The standard InChI is InChI=1S/C25H23F2N7OS/c1-33(2)8-12-3-4-34(9-12)25-31-6-14-15-10-35-11-16(15)18(20(27)21(14)32-25)22-19-13(5-28)24(29)36-23(19)17(26)7-30-22/h6-7,12H,3-4,8-11,29H2,1-2H3/t12-/m0/s1. The number of anilines is 2. The van der Waals surface area contributed by atoms with Gasteiger partial charge in [0.2, 0.25) is 5.95 Å². The molecule has 2 aliphatic rings. The zero-order valence-electron chi connectivity index (χ0n) is 19.8. The second-order valence-corrected chi connectivity index (χ2v) is 10.6. The minimum Gasteiger partial charge on any atom is -0.389 e. The molecule has 0 spiro atoms. The topological polar surface area (TPSA) is 104 Å². The highest BCUT2D eigenvalue weighted by Gasteiger charge is 2.31. The third kappa shape index (κ3) is 3.48. The van der Waals surface area contributed by atoms with E-state index in [4.69, 9.17) is 10.5 Å². The summed E-state index contributed by atoms with van der Waals surface area (Å²) >= 11 is 0.956. The number of nitrogens with zero attached hydrogens (tertiary/aromatic N) is 6. The number of benzene rings is 1. The molecule has 11 heteroatoms. The summed E-state index contributed by atoms with van der Waals surface area (Å²) in [5.41, 5.74) is 7.99. The molecule has 0 radical (unpaired) electrons. The summed E-state index contributed by atoms with van der Waals surface area (Å²) in [5, 5.41) is 10.7. The van der Waals surface area contributed by atoms with E-state index in [1.807, 2.05) is 20.2 Å². The van der Waals surface area contributed by atoms with Crippen LogP contribution in [0.4, 0.5) is 19.7 Å². The van der Waals surface area contributed by atoms with Gasteiger partial charge in [-0.3, -0.25) is 4.98 Å². The molecule has 5 heterocycles. The quantitative estimate of drug-likeness (QED) is 0.441. The molecule has 4 aromatic rings. The van der Waals surface area contributed by atoms with Crippen LogP contribution in [0.15, 0.2) is 12.4 Å². The molecule has 1 aromatic carbocycles. The van der Waals surface area contributed by atoms with E-state index in [9.17, 15) is 9.65 Å². The molecule has 36 heavy (non-hydrogen) atoms. The van der Waals surface area contributed by atoms with Crippen LogP contribution in [0.3, 0.4) is 0 Å². The van der Waals surface area contributed by atoms with Gasteiger partial charge in [0.05, 0.1) is 35.4 Å². The van der Waals surface area contributed by atoms with Crippen molar-refractivity contribution in [2.75, 3.05) is 44.4 Å². The van der Waals surface area contributed by atoms with Crippen LogP contribution in [0.1, 0.15) is 23.1 Å². The van der Waals surface area contributed by atoms with Crippen molar-refractivity contribution in [1.82, 2.24) is 19.9 Å². The van der Waals surface area contributed by atoms with Crippen LogP contribution in [0.2, 0.25) is 0 Å². The lowest BCUT2D eigenvalue weighted by molar-refractivity contribution is 0.135. The third-order valence-electron chi connectivity index (χ3n) is 6.92. The SMILES string of the molecule is CN(C)C[C@@H]1CCN(c2ncc3c4c(c(-c5ncc(F)c6sc(N)c(C#N)c56)c(F)c3n2)COC4)C1. The van der Waals surface area contributed by atoms with E-state index in [1.54, 1.807) is 6.20 Å². The van der Waals surface area contributed by atoms with Gasteiger partial charge in [-0.2, -0.15) is 5.26 Å². The van der Waals surface area contributed by atoms with Crippen molar-refractivity contribution in [1.29, 1.82) is 5.26 Å². The number of thiophene rings is 1. The van der Waals surface area contributed by atoms with Gasteiger partial charge in [-0.1, -0.05) is 0 Å². The lowest BCUT2D eigenvalue weighted by Crippen LogP contribution is -2.26. The normalized spacial score (nSPS) is 17.4. The first-order valence-corrected chi connectivity index (χ1v) is 12.4. The average molecular weight is 508 g/mol. The Kier molecular flexibility index (Phi) is 5.48. The number of nitriles is 1. The minimum absolute atomic E-state index is 0.0940. The number of fused-ring (bicyclic) bond motifs is 4. The highest BCUT2D eigenvalue weighted by Crippen LogP contribution is 2.45. The molecule has 0 aliphatic carbocycles. The molecular weight excluding hydrogens is 484 g/mol. The van der Waals surface area contributed by atoms with Crippen molar-refractivity contribution in [3.8, 4) is 17.3 Å². The number of hydrogen-bond donors (Lipinski definition) is 1. The minimum atomic E-state index is -0.605. The van der Waals surface area contributed by atoms with Crippen molar-refractivity contribution >= 4 is 43.3 Å². The lowest BCUT2D eigenvalue weighted by atomic mass is 9.94. The Balaban J connectivity index is 1.56. The maximum atomic E-state index is 16.4. The van der Waals surface area contributed by atoms with Gasteiger partial charge >= 0.3 is 0 Å². The molecule has 0 amide bonds. The second kappa shape index (κ2) is 8.58. The van der Waals surface area contributed by atoms with E-state index in [0.29, 0.717) is 22.8 Å². The van der Waals surface area contributed by atoms with Gasteiger partial charge in [0.25, 0.3) is 0 Å². The van der Waals surface area contributed by atoms with Crippen molar-refractivity contribution in [3.63, 3.8) is 0 Å². The maximum absolute atomic E-state index is 16.4. The van der Waals surface area contributed by atoms with Crippen LogP contribution < -0.4 is 10.6 Å². The molecule has 2 aliphatic heterocycles. The van der Waals surface area contributed by atoms with Crippen LogP contribution >= 0.6 is 11.3 Å². The maximum Gasteiger partial charge on any atom is 0.225 e. The Morgan fingerprint density at radius 2 is 2.06 bits per heavy atom. The molecule has 6 rings (SSSR count). The number of ether oxygens (including phenoxy) is 1. The first-order valence-electron chi connectivity index (χ1n) is 11.6. The largest absolute Gasteiger partial charge is 0.389 e. The summed E-state index contributed by atoms with van der Waals surface area (Å²) in [4.78, 5) is 17.7. The molecule has 3 aromatic heterocycles. The van der Waals surface area contributed by atoms with Gasteiger partial charge < -0.3 is 20.3 Å². The fourth-order valence-corrected chi connectivity index (χ4v) is 6.29. The Morgan fingerprint density at radius 1 is 1.25 bits per heavy atom. The molecule has 8 nitrogen and oxygen atoms in total. The lowest BCUT2D eigenvalue weighted by Gasteiger charge is -2.19. The fourth-order valence-electron chi connectivity index (χ4n) is 5.37. The smallest absolute Gasteiger partial charge is 0.225 e. The van der Waals surface area contributed by atoms with E-state index in [2.05, 4.69) is 24.8 Å². The Labute approximate surface area is 209 Å². The van der Waals surface area contributed by atoms with Crippen molar-refractivity contribution in [2.24, 2.45) is 5.92 Å². The monoisotopic (exact) mass is 507 g/mol. The van der Waals surface area contributed by atoms with Gasteiger partial charge in [-0.25, -0.2) is 18.7 Å². The molecule has 0 saturated carbocycles. The van der Waals surface area contributed by atoms with E-state index in [1.165, 1.54) is 0 Å². The van der Waals surface area contributed by atoms with Crippen molar-refractivity contribution in [3.05, 3.63) is 40.7 Å². The Hall–Kier alpha value is -3.46. The molecule has 1 saturated heterocycles. The van der Waals surface area contributed by atoms with Crippen LogP contribution in [0.5, 0.6) is 0 Å². The van der Waals surface area contributed by atoms with Gasteiger partial charge in [0.15, 0.2) is 11.6 Å². The van der Waals surface area contributed by atoms with Gasteiger partial charge in [-0.05, 0) is 37.6 Å². The summed E-state index contributed by atoms with van der Waals surface area (Å²) in [6.07, 6.45) is 3.72. The van der Waals surface area contributed by atoms with Gasteiger partial charge in [0, 0.05) is 42.2 Å². The first kappa shape index (κ1) is 23.0. The Morgan fingerprint density at radius 3 is 2.83 bits per heavy atom. The van der Waals surface area contributed by atoms with E-state index < -0.39 is 11.6 Å². The number of pyridine rings is 1. The van der Waals surface area contributed by atoms with Gasteiger partial charge in [0.1, 0.15) is 16.6 Å². The van der Waals surface area contributed by atoms with Crippen LogP contribution in [0.25, 0.3) is 32.2 Å². The second-order valence-electron chi connectivity index (χ2n) is 9.55. The number of aromatic nitrogens is 3. The molecule has 0 unspecified atom stereocenters. The van der Waals surface area contributed by atoms with Crippen LogP contribution in [0, 0.1) is 28.9 Å². The number of hydrogen-bond acceptors (Lipinski definition) is 9. The van der Waals surface area contributed by atoms with Crippen LogP contribution in [-0.2, 0) is 18.0 Å². The number of rotatable bonds is 4. The fraction of sp³-hybridized carbons (Fsp3) is 0.360. The summed E-state index contributed by atoms with van der Waals surface area (Å²) < 4.78 is 36.9. The summed E-state index contributed by atoms with van der Waals surface area (Å²) in [5.74, 6) is -0.233. The molecule has 0 bridgehead atoms. The van der Waals surface area contributed by atoms with E-state index in [0.717, 1.165) is 49.2 Å². The summed E-state index contributed by atoms with van der Waals surface area (Å²) in [6, 6.07) is 2.03. The predicted molar refractivity (Wildman–Crippen MR) is 135 cm³/mol. The third-order valence-corrected chi connectivity index (χ3v) is 7.95. The highest BCUT2D eigenvalue weighted by atomic mass is 32.1. The Bertz CT molecular complexity index is 1580. The zero-order valence-corrected chi connectivity index (χ0v) is 20.6. The van der Waals surface area contributed by atoms with E-state index >= 15 is 4.39 Å². The number of nitrogen functional groups attached to an aromatic ring is 1. The van der Waals surface area contributed by atoms with Crippen molar-refractivity contribution in [2.45, 2.75) is 19.6 Å². The molecular formula is C25H23F2N7OS. The average Bonchev–Trinajstić information content (AvgIpc) is 3.59. The van der Waals surface area contributed by atoms with Gasteiger partial charge in [-0.15, -0.1) is 11.3 Å². The molecule has 1 fully saturated rings. The van der Waals surface area contributed by atoms with E-state index in [-0.39, 0.29) is 50.6 Å². The summed E-state index contributed by atoms with van der Waals surface area (Å²) in [7, 11) is 4.10. The number of halogens is 2. The summed E-state index contributed by atoms with van der Waals surface area (Å²) in [6.45, 7) is 3.00. The van der Waals surface area contributed by atoms with Crippen LogP contribution in [-0.4, -0.2) is 53.6 Å². The molecule has 2 N–H and O–H groups in total. The number of nitrogens with two attached hydrogens (primary N) is 1. The zero-order chi connectivity index (χ0) is 25.1. The first-order chi connectivity index (χ1) is 17.4.